The third-order valence-corrected chi connectivity index (χ3v) is 4.15. The highest BCUT2D eigenvalue weighted by atomic mass is 35.5. The number of nitrogens with one attached hydrogen (secondary N) is 1. The van der Waals surface area contributed by atoms with Gasteiger partial charge in [-0.2, -0.15) is 0 Å². The van der Waals surface area contributed by atoms with Crippen LogP contribution < -0.4 is 5.32 Å². The van der Waals surface area contributed by atoms with Crippen molar-refractivity contribution in [2.45, 2.75) is 19.8 Å². The number of carbonyl (C=O) groups excluding carboxylic acids is 1. The molecular formula is C13H15Cl2NO. The molecule has 1 aliphatic heterocycles. The smallest absolute Gasteiger partial charge is 0.144 e. The van der Waals surface area contributed by atoms with E-state index >= 15 is 0 Å². The standard InChI is InChI=1S/C13H15Cl2NO/c1-13(5-6-16-8-13)12(17)7-9-10(14)3-2-4-11(9)15/h2-4,16H,5-8H2,1H3. The fourth-order valence-corrected chi connectivity index (χ4v) is 2.66. The molecule has 17 heavy (non-hydrogen) atoms. The number of Topliss-reactive ketones (excluding diaryl/α,β-unsaturated/α-hetero) is 1. The summed E-state index contributed by atoms with van der Waals surface area (Å²) in [5, 5.41) is 4.36. The van der Waals surface area contributed by atoms with Crippen molar-refractivity contribution in [3.05, 3.63) is 33.8 Å². The van der Waals surface area contributed by atoms with E-state index < -0.39 is 0 Å². The van der Waals surface area contributed by atoms with Crippen molar-refractivity contribution in [1.29, 1.82) is 0 Å². The van der Waals surface area contributed by atoms with E-state index in [0.717, 1.165) is 25.1 Å². The number of hydrogen-bond acceptors (Lipinski definition) is 2. The summed E-state index contributed by atoms with van der Waals surface area (Å²) in [6, 6.07) is 5.33. The minimum atomic E-state index is -0.275. The van der Waals surface area contributed by atoms with Gasteiger partial charge in [-0.1, -0.05) is 36.2 Å². The van der Waals surface area contributed by atoms with Crippen LogP contribution in [-0.2, 0) is 11.2 Å². The van der Waals surface area contributed by atoms with E-state index in [9.17, 15) is 4.79 Å². The molecule has 4 heteroatoms. The maximum Gasteiger partial charge on any atom is 0.144 e. The van der Waals surface area contributed by atoms with Crippen molar-refractivity contribution < 1.29 is 4.79 Å². The first-order chi connectivity index (χ1) is 8.03. The van der Waals surface area contributed by atoms with Crippen LogP contribution in [0.15, 0.2) is 18.2 Å². The summed E-state index contributed by atoms with van der Waals surface area (Å²) in [5.41, 5.74) is 0.469. The van der Waals surface area contributed by atoms with Gasteiger partial charge in [0.05, 0.1) is 0 Å². The number of rotatable bonds is 3. The summed E-state index contributed by atoms with van der Waals surface area (Å²) < 4.78 is 0. The first-order valence-corrected chi connectivity index (χ1v) is 6.45. The Morgan fingerprint density at radius 3 is 2.59 bits per heavy atom. The third kappa shape index (κ3) is 2.65. The fourth-order valence-electron chi connectivity index (χ4n) is 2.13. The largest absolute Gasteiger partial charge is 0.316 e. The van der Waals surface area contributed by atoms with Crippen LogP contribution in [0.1, 0.15) is 18.9 Å². The molecule has 0 amide bonds. The highest BCUT2D eigenvalue weighted by Gasteiger charge is 2.36. The molecule has 1 heterocycles. The molecule has 1 fully saturated rings. The SMILES string of the molecule is CC1(C(=O)Cc2c(Cl)cccc2Cl)CCNC1. The van der Waals surface area contributed by atoms with E-state index in [4.69, 9.17) is 23.2 Å². The Morgan fingerprint density at radius 1 is 1.41 bits per heavy atom. The fraction of sp³-hybridized carbons (Fsp3) is 0.462. The van der Waals surface area contributed by atoms with Gasteiger partial charge in [0.25, 0.3) is 0 Å². The van der Waals surface area contributed by atoms with Crippen LogP contribution in [0.3, 0.4) is 0 Å². The highest BCUT2D eigenvalue weighted by molar-refractivity contribution is 6.36. The zero-order chi connectivity index (χ0) is 12.5. The average molecular weight is 272 g/mol. The normalized spacial score (nSPS) is 23.9. The second kappa shape index (κ2) is 4.97. The van der Waals surface area contributed by atoms with Gasteiger partial charge in [-0.05, 0) is 30.7 Å². The van der Waals surface area contributed by atoms with Gasteiger partial charge in [0.2, 0.25) is 0 Å². The Balaban J connectivity index is 2.18. The molecule has 2 nitrogen and oxygen atoms in total. The van der Waals surface area contributed by atoms with Gasteiger partial charge < -0.3 is 5.32 Å². The summed E-state index contributed by atoms with van der Waals surface area (Å²) in [4.78, 5) is 12.3. The molecule has 0 aliphatic carbocycles. The molecule has 1 aliphatic rings. The lowest BCUT2D eigenvalue weighted by Crippen LogP contribution is -2.31. The van der Waals surface area contributed by atoms with Gasteiger partial charge >= 0.3 is 0 Å². The first kappa shape index (κ1) is 12.9. The Morgan fingerprint density at radius 2 is 2.06 bits per heavy atom. The molecule has 1 unspecified atom stereocenters. The van der Waals surface area contributed by atoms with Crippen molar-refractivity contribution >= 4 is 29.0 Å². The van der Waals surface area contributed by atoms with Gasteiger partial charge in [-0.15, -0.1) is 0 Å². The van der Waals surface area contributed by atoms with E-state index in [0.29, 0.717) is 16.5 Å². The quantitative estimate of drug-likeness (QED) is 0.916. The Bertz CT molecular complexity index is 419. The van der Waals surface area contributed by atoms with Crippen molar-refractivity contribution in [3.63, 3.8) is 0 Å². The average Bonchev–Trinajstić information content (AvgIpc) is 2.72. The second-order valence-electron chi connectivity index (χ2n) is 4.79. The lowest BCUT2D eigenvalue weighted by Gasteiger charge is -2.21. The Kier molecular flexibility index (Phi) is 3.76. The molecular weight excluding hydrogens is 257 g/mol. The topological polar surface area (TPSA) is 29.1 Å². The summed E-state index contributed by atoms with van der Waals surface area (Å²) in [6.45, 7) is 3.65. The molecule has 0 saturated carbocycles. The molecule has 1 saturated heterocycles. The van der Waals surface area contributed by atoms with Crippen LogP contribution in [0.2, 0.25) is 10.0 Å². The van der Waals surface area contributed by atoms with Gasteiger partial charge in [0, 0.05) is 28.4 Å². The summed E-state index contributed by atoms with van der Waals surface area (Å²) in [6.07, 6.45) is 1.20. The van der Waals surface area contributed by atoms with Crippen LogP contribution in [0, 0.1) is 5.41 Å². The van der Waals surface area contributed by atoms with Crippen molar-refractivity contribution in [3.8, 4) is 0 Å². The summed E-state index contributed by atoms with van der Waals surface area (Å²) in [7, 11) is 0. The molecule has 1 N–H and O–H groups in total. The number of hydrogen-bond donors (Lipinski definition) is 1. The molecule has 0 bridgehead atoms. The minimum Gasteiger partial charge on any atom is -0.316 e. The third-order valence-electron chi connectivity index (χ3n) is 3.44. The molecule has 1 atom stereocenters. The predicted octanol–water partition coefficient (Wildman–Crippen LogP) is 3.10. The molecule has 2 rings (SSSR count). The van der Waals surface area contributed by atoms with Gasteiger partial charge in [0.1, 0.15) is 5.78 Å². The minimum absolute atomic E-state index is 0.206. The lowest BCUT2D eigenvalue weighted by molar-refractivity contribution is -0.126. The summed E-state index contributed by atoms with van der Waals surface area (Å²) >= 11 is 12.1. The maximum atomic E-state index is 12.3. The van der Waals surface area contributed by atoms with Crippen LogP contribution >= 0.6 is 23.2 Å². The van der Waals surface area contributed by atoms with Crippen LogP contribution in [-0.4, -0.2) is 18.9 Å². The molecule has 0 spiro atoms. The zero-order valence-electron chi connectivity index (χ0n) is 9.72. The van der Waals surface area contributed by atoms with E-state index in [-0.39, 0.29) is 11.2 Å². The second-order valence-corrected chi connectivity index (χ2v) is 5.60. The van der Waals surface area contributed by atoms with E-state index in [2.05, 4.69) is 5.32 Å². The Labute approximate surface area is 111 Å². The van der Waals surface area contributed by atoms with Crippen molar-refractivity contribution in [2.24, 2.45) is 5.41 Å². The van der Waals surface area contributed by atoms with E-state index in [1.54, 1.807) is 18.2 Å². The van der Waals surface area contributed by atoms with Crippen molar-refractivity contribution in [1.82, 2.24) is 5.32 Å². The number of carbonyl (C=O) groups is 1. The maximum absolute atomic E-state index is 12.3. The monoisotopic (exact) mass is 271 g/mol. The number of ketones is 1. The molecule has 1 aromatic rings. The summed E-state index contributed by atoms with van der Waals surface area (Å²) in [5.74, 6) is 0.206. The van der Waals surface area contributed by atoms with Crippen molar-refractivity contribution in [2.75, 3.05) is 13.1 Å². The van der Waals surface area contributed by atoms with Crippen LogP contribution in [0.5, 0.6) is 0 Å². The van der Waals surface area contributed by atoms with Gasteiger partial charge in [-0.3, -0.25) is 4.79 Å². The molecule has 1 aromatic carbocycles. The zero-order valence-corrected chi connectivity index (χ0v) is 11.2. The first-order valence-electron chi connectivity index (χ1n) is 5.70. The number of halogens is 2. The van der Waals surface area contributed by atoms with E-state index in [1.807, 2.05) is 6.92 Å². The van der Waals surface area contributed by atoms with Crippen LogP contribution in [0.4, 0.5) is 0 Å². The van der Waals surface area contributed by atoms with Gasteiger partial charge in [-0.25, -0.2) is 0 Å². The molecule has 0 radical (unpaired) electrons. The Hall–Kier alpha value is -0.570. The number of benzene rings is 1. The predicted molar refractivity (Wildman–Crippen MR) is 70.8 cm³/mol. The van der Waals surface area contributed by atoms with Crippen LogP contribution in [0.25, 0.3) is 0 Å². The van der Waals surface area contributed by atoms with E-state index in [1.165, 1.54) is 0 Å². The molecule has 92 valence electrons. The molecule has 0 aromatic heterocycles. The lowest BCUT2D eigenvalue weighted by atomic mass is 9.82. The van der Waals surface area contributed by atoms with Gasteiger partial charge in [0.15, 0.2) is 0 Å². The highest BCUT2D eigenvalue weighted by Crippen LogP contribution is 2.31.